The van der Waals surface area contributed by atoms with Gasteiger partial charge in [0.05, 0.1) is 5.60 Å². The van der Waals surface area contributed by atoms with E-state index in [1.807, 2.05) is 0 Å². The van der Waals surface area contributed by atoms with E-state index in [0.717, 1.165) is 17.4 Å². The van der Waals surface area contributed by atoms with E-state index in [1.54, 1.807) is 0 Å². The van der Waals surface area contributed by atoms with E-state index >= 15 is 0 Å². The van der Waals surface area contributed by atoms with E-state index in [-0.39, 0.29) is 5.60 Å². The first-order valence-corrected chi connectivity index (χ1v) is 9.17. The van der Waals surface area contributed by atoms with Crippen LogP contribution in [0, 0.1) is 5.92 Å². The molecule has 2 rings (SSSR count). The smallest absolute Gasteiger partial charge is 0.0700 e. The molecule has 0 bridgehead atoms. The first-order chi connectivity index (χ1) is 8.24. The first-order valence-electron chi connectivity index (χ1n) is 7.10. The van der Waals surface area contributed by atoms with Crippen molar-refractivity contribution < 1.29 is 4.74 Å². The molecule has 0 aromatic carbocycles. The van der Waals surface area contributed by atoms with E-state index in [2.05, 4.69) is 34.6 Å². The first kappa shape index (κ1) is 14.2. The SMILES string of the molecule is CCC(Br)CCC1CCOC2(CCSCC2)C1. The fourth-order valence-electron chi connectivity index (χ4n) is 3.09. The van der Waals surface area contributed by atoms with Gasteiger partial charge in [-0.15, -0.1) is 0 Å². The highest BCUT2D eigenvalue weighted by molar-refractivity contribution is 9.09. The molecule has 2 fully saturated rings. The van der Waals surface area contributed by atoms with Gasteiger partial charge in [0.2, 0.25) is 0 Å². The van der Waals surface area contributed by atoms with Crippen molar-refractivity contribution in [2.24, 2.45) is 5.92 Å². The molecule has 0 aromatic rings. The van der Waals surface area contributed by atoms with Crippen molar-refractivity contribution in [3.05, 3.63) is 0 Å². The predicted octanol–water partition coefficient (Wildman–Crippen LogP) is 4.63. The predicted molar refractivity (Wildman–Crippen MR) is 80.2 cm³/mol. The Labute approximate surface area is 119 Å². The maximum Gasteiger partial charge on any atom is 0.0700 e. The van der Waals surface area contributed by atoms with Gasteiger partial charge in [0.25, 0.3) is 0 Å². The molecule has 100 valence electrons. The fourth-order valence-corrected chi connectivity index (χ4v) is 4.59. The van der Waals surface area contributed by atoms with Gasteiger partial charge in [-0.2, -0.15) is 11.8 Å². The number of thioether (sulfide) groups is 1. The molecule has 0 amide bonds. The molecule has 2 saturated heterocycles. The van der Waals surface area contributed by atoms with Crippen molar-refractivity contribution in [3.8, 4) is 0 Å². The third-order valence-electron chi connectivity index (χ3n) is 4.33. The maximum absolute atomic E-state index is 6.14. The quantitative estimate of drug-likeness (QED) is 0.698. The average Bonchev–Trinajstić information content (AvgIpc) is 2.37. The van der Waals surface area contributed by atoms with Crippen LogP contribution in [0.1, 0.15) is 51.9 Å². The second kappa shape index (κ2) is 6.81. The largest absolute Gasteiger partial charge is 0.375 e. The maximum atomic E-state index is 6.14. The zero-order valence-corrected chi connectivity index (χ0v) is 13.3. The van der Waals surface area contributed by atoms with Gasteiger partial charge in [-0.25, -0.2) is 0 Å². The molecule has 1 nitrogen and oxygen atoms in total. The van der Waals surface area contributed by atoms with Gasteiger partial charge in [-0.05, 0) is 62.4 Å². The Balaban J connectivity index is 1.79. The normalized spacial score (nSPS) is 30.4. The molecule has 0 aromatic heterocycles. The van der Waals surface area contributed by atoms with Crippen LogP contribution in [0.25, 0.3) is 0 Å². The summed E-state index contributed by atoms with van der Waals surface area (Å²) in [4.78, 5) is 0.725. The number of ether oxygens (including phenoxy) is 1. The summed E-state index contributed by atoms with van der Waals surface area (Å²) in [5, 5.41) is 0. The molecular weight excluding hydrogens is 296 g/mol. The molecule has 1 spiro atoms. The summed E-state index contributed by atoms with van der Waals surface area (Å²) >= 11 is 5.85. The van der Waals surface area contributed by atoms with Crippen LogP contribution in [0.5, 0.6) is 0 Å². The van der Waals surface area contributed by atoms with E-state index in [9.17, 15) is 0 Å². The van der Waals surface area contributed by atoms with Gasteiger partial charge in [-0.1, -0.05) is 22.9 Å². The Hall–Kier alpha value is 0.790. The number of alkyl halides is 1. The van der Waals surface area contributed by atoms with Gasteiger partial charge in [0.1, 0.15) is 0 Å². The van der Waals surface area contributed by atoms with Gasteiger partial charge < -0.3 is 4.74 Å². The monoisotopic (exact) mass is 320 g/mol. The Kier molecular flexibility index (Phi) is 5.69. The van der Waals surface area contributed by atoms with Crippen LogP contribution in [0.3, 0.4) is 0 Å². The second-order valence-electron chi connectivity index (χ2n) is 5.59. The molecule has 2 aliphatic rings. The van der Waals surface area contributed by atoms with Crippen LogP contribution in [-0.4, -0.2) is 28.5 Å². The summed E-state index contributed by atoms with van der Waals surface area (Å²) in [6, 6.07) is 0. The average molecular weight is 321 g/mol. The fraction of sp³-hybridized carbons (Fsp3) is 1.00. The Morgan fingerprint density at radius 1 is 1.41 bits per heavy atom. The van der Waals surface area contributed by atoms with E-state index in [0.29, 0.717) is 0 Å². The van der Waals surface area contributed by atoms with Gasteiger partial charge in [-0.3, -0.25) is 0 Å². The summed E-state index contributed by atoms with van der Waals surface area (Å²) in [6.45, 7) is 3.28. The molecule has 0 aliphatic carbocycles. The number of hydrogen-bond acceptors (Lipinski definition) is 2. The van der Waals surface area contributed by atoms with E-state index in [1.165, 1.54) is 56.5 Å². The minimum absolute atomic E-state index is 0.280. The lowest BCUT2D eigenvalue weighted by Crippen LogP contribution is -2.42. The molecule has 2 atom stereocenters. The minimum atomic E-state index is 0.280. The van der Waals surface area contributed by atoms with Crippen molar-refractivity contribution >= 4 is 27.7 Å². The topological polar surface area (TPSA) is 9.23 Å². The van der Waals surface area contributed by atoms with Crippen LogP contribution in [-0.2, 0) is 4.74 Å². The zero-order valence-electron chi connectivity index (χ0n) is 10.9. The molecule has 2 unspecified atom stereocenters. The molecule has 17 heavy (non-hydrogen) atoms. The van der Waals surface area contributed by atoms with Crippen molar-refractivity contribution in [1.29, 1.82) is 0 Å². The highest BCUT2D eigenvalue weighted by atomic mass is 79.9. The molecule has 2 aliphatic heterocycles. The van der Waals surface area contributed by atoms with Crippen LogP contribution < -0.4 is 0 Å². The lowest BCUT2D eigenvalue weighted by atomic mass is 9.80. The van der Waals surface area contributed by atoms with Crippen LogP contribution >= 0.6 is 27.7 Å². The highest BCUT2D eigenvalue weighted by Gasteiger charge is 2.38. The van der Waals surface area contributed by atoms with Gasteiger partial charge >= 0.3 is 0 Å². The molecule has 2 heterocycles. The summed E-state index contributed by atoms with van der Waals surface area (Å²) in [7, 11) is 0. The lowest BCUT2D eigenvalue weighted by Gasteiger charge is -2.43. The van der Waals surface area contributed by atoms with Crippen LogP contribution in [0.15, 0.2) is 0 Å². The van der Waals surface area contributed by atoms with Gasteiger partial charge in [0.15, 0.2) is 0 Å². The number of rotatable bonds is 4. The number of hydrogen-bond donors (Lipinski definition) is 0. The van der Waals surface area contributed by atoms with Crippen molar-refractivity contribution in [1.82, 2.24) is 0 Å². The third kappa shape index (κ3) is 4.14. The Morgan fingerprint density at radius 3 is 2.88 bits per heavy atom. The van der Waals surface area contributed by atoms with Crippen LogP contribution in [0.2, 0.25) is 0 Å². The zero-order chi connectivity index (χ0) is 12.1. The Morgan fingerprint density at radius 2 is 2.18 bits per heavy atom. The molecular formula is C14H25BrOS. The molecule has 0 saturated carbocycles. The van der Waals surface area contributed by atoms with Crippen molar-refractivity contribution in [2.45, 2.75) is 62.3 Å². The highest BCUT2D eigenvalue weighted by Crippen LogP contribution is 2.41. The van der Waals surface area contributed by atoms with E-state index < -0.39 is 0 Å². The van der Waals surface area contributed by atoms with Crippen molar-refractivity contribution in [3.63, 3.8) is 0 Å². The van der Waals surface area contributed by atoms with Crippen LogP contribution in [0.4, 0.5) is 0 Å². The molecule has 0 radical (unpaired) electrons. The van der Waals surface area contributed by atoms with Crippen molar-refractivity contribution in [2.75, 3.05) is 18.1 Å². The number of halogens is 1. The minimum Gasteiger partial charge on any atom is -0.375 e. The summed E-state index contributed by atoms with van der Waals surface area (Å²) in [5.41, 5.74) is 0.280. The standard InChI is InChI=1S/C14H25BrOS/c1-2-13(15)4-3-12-5-8-16-14(11-12)6-9-17-10-7-14/h12-13H,2-11H2,1H3. The second-order valence-corrected chi connectivity index (χ2v) is 8.11. The summed E-state index contributed by atoms with van der Waals surface area (Å²) in [6.07, 6.45) is 9.19. The van der Waals surface area contributed by atoms with Gasteiger partial charge in [0, 0.05) is 11.4 Å². The molecule has 0 N–H and O–H groups in total. The molecule has 3 heteroatoms. The summed E-state index contributed by atoms with van der Waals surface area (Å²) < 4.78 is 6.14. The summed E-state index contributed by atoms with van der Waals surface area (Å²) in [5.74, 6) is 3.53. The van der Waals surface area contributed by atoms with E-state index in [4.69, 9.17) is 4.74 Å². The third-order valence-corrected chi connectivity index (χ3v) is 6.42. The lowest BCUT2D eigenvalue weighted by molar-refractivity contribution is -0.103. The Bertz CT molecular complexity index is 223.